The summed E-state index contributed by atoms with van der Waals surface area (Å²) < 4.78 is 45.4. The van der Waals surface area contributed by atoms with Crippen molar-refractivity contribution in [3.8, 4) is 17.0 Å². The number of ether oxygens (including phenoxy) is 1. The quantitative estimate of drug-likeness (QED) is 0.496. The largest absolute Gasteiger partial charge is 0.573 e. The summed E-state index contributed by atoms with van der Waals surface area (Å²) in [5, 5.41) is 6.69. The smallest absolute Gasteiger partial charge is 0.406 e. The van der Waals surface area contributed by atoms with E-state index < -0.39 is 6.36 Å². The van der Waals surface area contributed by atoms with Gasteiger partial charge in [-0.05, 0) is 36.4 Å². The van der Waals surface area contributed by atoms with Crippen molar-refractivity contribution in [3.63, 3.8) is 0 Å². The minimum Gasteiger partial charge on any atom is -0.406 e. The highest BCUT2D eigenvalue weighted by atomic mass is 19.4. The molecule has 0 unspecified atom stereocenters. The number of allylic oxidation sites excluding steroid dienone is 3. The van der Waals surface area contributed by atoms with Crippen LogP contribution in [-0.2, 0) is 4.79 Å². The Labute approximate surface area is 135 Å². The van der Waals surface area contributed by atoms with Crippen LogP contribution in [0, 0.1) is 0 Å². The molecular weight excluding hydrogens is 325 g/mol. The van der Waals surface area contributed by atoms with E-state index in [9.17, 15) is 18.0 Å². The Balaban J connectivity index is 2.22. The first-order valence-electron chi connectivity index (χ1n) is 6.75. The van der Waals surface area contributed by atoms with Gasteiger partial charge >= 0.3 is 6.36 Å². The van der Waals surface area contributed by atoms with Gasteiger partial charge in [0.1, 0.15) is 17.7 Å². The highest BCUT2D eigenvalue weighted by Gasteiger charge is 2.31. The SMILES string of the molecule is CN/C=C(\C=C/C=O)c1cc(-c2ccc(OC(F)(F)F)cc2)no1. The lowest BCUT2D eigenvalue weighted by Crippen LogP contribution is -2.16. The molecule has 8 heteroatoms. The predicted octanol–water partition coefficient (Wildman–Crippen LogP) is 3.56. The fourth-order valence-corrected chi connectivity index (χ4v) is 1.87. The van der Waals surface area contributed by atoms with Gasteiger partial charge < -0.3 is 14.6 Å². The number of aromatic nitrogens is 1. The lowest BCUT2D eigenvalue weighted by molar-refractivity contribution is -0.274. The maximum atomic E-state index is 12.1. The number of benzene rings is 1. The highest BCUT2D eigenvalue weighted by molar-refractivity contribution is 5.78. The molecule has 2 rings (SSSR count). The van der Waals surface area contributed by atoms with Crippen molar-refractivity contribution in [1.29, 1.82) is 0 Å². The third-order valence-corrected chi connectivity index (χ3v) is 2.83. The molecule has 0 aliphatic carbocycles. The Bertz CT molecular complexity index is 747. The third kappa shape index (κ3) is 4.73. The molecule has 1 N–H and O–H groups in total. The van der Waals surface area contributed by atoms with Crippen molar-refractivity contribution in [2.75, 3.05) is 7.05 Å². The second-order valence-electron chi connectivity index (χ2n) is 4.53. The van der Waals surface area contributed by atoms with E-state index in [0.717, 1.165) is 0 Å². The monoisotopic (exact) mass is 338 g/mol. The summed E-state index contributed by atoms with van der Waals surface area (Å²) in [6.07, 6.45) is 0.341. The Morgan fingerprint density at radius 3 is 2.58 bits per heavy atom. The average Bonchev–Trinajstić information content (AvgIpc) is 3.00. The number of halogens is 3. The topological polar surface area (TPSA) is 64.4 Å². The van der Waals surface area contributed by atoms with E-state index >= 15 is 0 Å². The number of aldehydes is 1. The molecule has 0 saturated carbocycles. The predicted molar refractivity (Wildman–Crippen MR) is 80.9 cm³/mol. The zero-order valence-corrected chi connectivity index (χ0v) is 12.5. The molecule has 0 amide bonds. The lowest BCUT2D eigenvalue weighted by Gasteiger charge is -2.08. The van der Waals surface area contributed by atoms with Gasteiger partial charge in [-0.2, -0.15) is 0 Å². The summed E-state index contributed by atoms with van der Waals surface area (Å²) in [5.74, 6) is 0.0766. The molecule has 0 aliphatic rings. The number of hydrogen-bond acceptors (Lipinski definition) is 5. The first-order chi connectivity index (χ1) is 11.4. The fraction of sp³-hybridized carbons (Fsp3) is 0.125. The molecular formula is C16H13F3N2O3. The van der Waals surface area contributed by atoms with E-state index in [1.807, 2.05) is 0 Å². The van der Waals surface area contributed by atoms with Gasteiger partial charge in [-0.25, -0.2) is 0 Å². The van der Waals surface area contributed by atoms with Gasteiger partial charge in [-0.1, -0.05) is 5.16 Å². The van der Waals surface area contributed by atoms with Gasteiger partial charge in [0.15, 0.2) is 5.76 Å². The molecule has 2 aromatic rings. The normalized spacial score (nSPS) is 12.4. The van der Waals surface area contributed by atoms with Crippen LogP contribution in [0.4, 0.5) is 13.2 Å². The molecule has 1 aromatic heterocycles. The van der Waals surface area contributed by atoms with Crippen LogP contribution in [0.1, 0.15) is 5.76 Å². The molecule has 1 heterocycles. The standard InChI is InChI=1S/C16H13F3N2O3/c1-20-10-12(3-2-8-22)15-9-14(21-24-15)11-4-6-13(7-5-11)23-16(17,18)19/h2-10,20H,1H3/b3-2-,12-10+. The van der Waals surface area contributed by atoms with E-state index in [0.29, 0.717) is 28.9 Å². The summed E-state index contributed by atoms with van der Waals surface area (Å²) in [7, 11) is 1.69. The maximum absolute atomic E-state index is 12.1. The number of alkyl halides is 3. The molecule has 1 aromatic carbocycles. The number of nitrogens with zero attached hydrogens (tertiary/aromatic N) is 1. The van der Waals surface area contributed by atoms with Crippen molar-refractivity contribution < 1.29 is 27.2 Å². The van der Waals surface area contributed by atoms with Crippen LogP contribution in [-0.4, -0.2) is 24.9 Å². The number of rotatable bonds is 6. The number of nitrogens with one attached hydrogen (secondary N) is 1. The van der Waals surface area contributed by atoms with Crippen LogP contribution in [0.5, 0.6) is 5.75 Å². The second-order valence-corrected chi connectivity index (χ2v) is 4.53. The average molecular weight is 338 g/mol. The Morgan fingerprint density at radius 1 is 1.29 bits per heavy atom. The lowest BCUT2D eigenvalue weighted by atomic mass is 10.1. The van der Waals surface area contributed by atoms with Crippen molar-refractivity contribution in [1.82, 2.24) is 10.5 Å². The van der Waals surface area contributed by atoms with Crippen molar-refractivity contribution in [2.24, 2.45) is 0 Å². The van der Waals surface area contributed by atoms with Gasteiger partial charge in [0.2, 0.25) is 0 Å². The van der Waals surface area contributed by atoms with Gasteiger partial charge in [0.25, 0.3) is 0 Å². The summed E-state index contributed by atoms with van der Waals surface area (Å²) >= 11 is 0. The summed E-state index contributed by atoms with van der Waals surface area (Å²) in [6.45, 7) is 0. The van der Waals surface area contributed by atoms with Crippen molar-refractivity contribution in [3.05, 3.63) is 54.4 Å². The second kappa shape index (κ2) is 7.49. The molecule has 126 valence electrons. The molecule has 0 radical (unpaired) electrons. The van der Waals surface area contributed by atoms with Crippen LogP contribution >= 0.6 is 0 Å². The van der Waals surface area contributed by atoms with E-state index in [4.69, 9.17) is 4.52 Å². The minimum atomic E-state index is -4.74. The van der Waals surface area contributed by atoms with Crippen LogP contribution in [0.25, 0.3) is 16.8 Å². The first kappa shape index (κ1) is 17.3. The number of carbonyl (C=O) groups excluding carboxylic acids is 1. The van der Waals surface area contributed by atoms with E-state index in [-0.39, 0.29) is 5.75 Å². The van der Waals surface area contributed by atoms with E-state index in [1.165, 1.54) is 36.4 Å². The third-order valence-electron chi connectivity index (χ3n) is 2.83. The van der Waals surface area contributed by atoms with Crippen molar-refractivity contribution in [2.45, 2.75) is 6.36 Å². The van der Waals surface area contributed by atoms with Gasteiger partial charge in [0, 0.05) is 30.5 Å². The molecule has 0 saturated heterocycles. The van der Waals surface area contributed by atoms with Crippen LogP contribution in [0.2, 0.25) is 0 Å². The molecule has 24 heavy (non-hydrogen) atoms. The van der Waals surface area contributed by atoms with Gasteiger partial charge in [-0.15, -0.1) is 13.2 Å². The molecule has 0 bridgehead atoms. The molecule has 0 fully saturated rings. The molecule has 5 nitrogen and oxygen atoms in total. The van der Waals surface area contributed by atoms with Gasteiger partial charge in [0.05, 0.1) is 0 Å². The van der Waals surface area contributed by atoms with Crippen LogP contribution < -0.4 is 10.1 Å². The summed E-state index contributed by atoms with van der Waals surface area (Å²) in [5.41, 5.74) is 1.58. The van der Waals surface area contributed by atoms with Crippen molar-refractivity contribution >= 4 is 11.9 Å². The highest BCUT2D eigenvalue weighted by Crippen LogP contribution is 2.27. The minimum absolute atomic E-state index is 0.320. The van der Waals surface area contributed by atoms with Crippen LogP contribution in [0.15, 0.2) is 53.2 Å². The Kier molecular flexibility index (Phi) is 5.41. The Hall–Kier alpha value is -3.03. The first-order valence-corrected chi connectivity index (χ1v) is 6.75. The fourth-order valence-electron chi connectivity index (χ4n) is 1.87. The van der Waals surface area contributed by atoms with E-state index in [1.54, 1.807) is 19.3 Å². The zero-order chi connectivity index (χ0) is 17.6. The molecule has 0 aliphatic heterocycles. The van der Waals surface area contributed by atoms with Crippen LogP contribution in [0.3, 0.4) is 0 Å². The summed E-state index contributed by atoms with van der Waals surface area (Å²) in [4.78, 5) is 10.4. The molecule has 0 spiro atoms. The number of carbonyl (C=O) groups is 1. The van der Waals surface area contributed by atoms with E-state index in [2.05, 4.69) is 15.2 Å². The zero-order valence-electron chi connectivity index (χ0n) is 12.5. The maximum Gasteiger partial charge on any atom is 0.573 e. The van der Waals surface area contributed by atoms with Gasteiger partial charge in [-0.3, -0.25) is 4.79 Å². The Morgan fingerprint density at radius 2 is 2.00 bits per heavy atom. The summed E-state index contributed by atoms with van der Waals surface area (Å²) in [6, 6.07) is 6.86. The number of hydrogen-bond donors (Lipinski definition) is 1. The molecule has 0 atom stereocenters.